The molecule has 1 aromatic carbocycles. The summed E-state index contributed by atoms with van der Waals surface area (Å²) in [5, 5.41) is 24.5. The number of anilines is 1. The van der Waals surface area contributed by atoms with Crippen LogP contribution in [0.5, 0.6) is 17.4 Å². The smallest absolute Gasteiger partial charge is 0.325 e. The van der Waals surface area contributed by atoms with Crippen molar-refractivity contribution in [2.75, 3.05) is 31.3 Å². The van der Waals surface area contributed by atoms with Crippen molar-refractivity contribution in [3.05, 3.63) is 46.4 Å². The lowest BCUT2D eigenvalue weighted by atomic mass is 9.94. The summed E-state index contributed by atoms with van der Waals surface area (Å²) in [5.41, 5.74) is 0.247. The first-order valence-electron chi connectivity index (χ1n) is 10.9. The Morgan fingerprint density at radius 1 is 1.15 bits per heavy atom. The normalized spacial score (nSPS) is 15.1. The van der Waals surface area contributed by atoms with E-state index in [0.717, 1.165) is 12.8 Å². The number of hydrogen-bond donors (Lipinski definition) is 4. The molecule has 0 bridgehead atoms. The van der Waals surface area contributed by atoms with Crippen molar-refractivity contribution < 1.29 is 29.3 Å². The summed E-state index contributed by atoms with van der Waals surface area (Å²) in [6.07, 6.45) is 3.36. The van der Waals surface area contributed by atoms with Gasteiger partial charge in [0.25, 0.3) is 5.56 Å². The van der Waals surface area contributed by atoms with Gasteiger partial charge in [-0.1, -0.05) is 6.07 Å². The molecule has 3 heterocycles. The number of benzene rings is 1. The van der Waals surface area contributed by atoms with Crippen molar-refractivity contribution in [2.24, 2.45) is 5.92 Å². The number of phenols is 2. The fourth-order valence-electron chi connectivity index (χ4n) is 4.23. The van der Waals surface area contributed by atoms with E-state index in [0.29, 0.717) is 47.5 Å². The lowest BCUT2D eigenvalue weighted by molar-refractivity contribution is 0.350. The molecule has 12 heteroatoms. The Balaban J connectivity index is 1.64. The van der Waals surface area contributed by atoms with Gasteiger partial charge in [0.2, 0.25) is 5.88 Å². The van der Waals surface area contributed by atoms with E-state index in [4.69, 9.17) is 14.5 Å². The number of aromatic nitrogens is 3. The van der Waals surface area contributed by atoms with E-state index < -0.39 is 7.60 Å². The second kappa shape index (κ2) is 9.61. The molecule has 1 fully saturated rings. The van der Waals surface area contributed by atoms with Gasteiger partial charge in [-0.15, -0.1) is 0 Å². The van der Waals surface area contributed by atoms with Crippen LogP contribution in [0.2, 0.25) is 0 Å². The topological polar surface area (TPSA) is 158 Å². The average Bonchev–Trinajstić information content (AvgIpc) is 2.81. The first-order chi connectivity index (χ1) is 16.1. The zero-order valence-electron chi connectivity index (χ0n) is 18.7. The van der Waals surface area contributed by atoms with Crippen LogP contribution in [0.25, 0.3) is 10.8 Å². The molecule has 1 aliphatic heterocycles. The maximum absolute atomic E-state index is 13.4. The molecule has 0 unspecified atom stereocenters. The van der Waals surface area contributed by atoms with Gasteiger partial charge in [-0.05, 0) is 42.9 Å². The van der Waals surface area contributed by atoms with Crippen molar-refractivity contribution in [2.45, 2.75) is 25.8 Å². The molecule has 182 valence electrons. The Labute approximate surface area is 195 Å². The van der Waals surface area contributed by atoms with Crippen molar-refractivity contribution in [3.8, 4) is 17.4 Å². The predicted octanol–water partition coefficient (Wildman–Crippen LogP) is 2.04. The third kappa shape index (κ3) is 5.32. The Morgan fingerprint density at radius 2 is 1.88 bits per heavy atom. The van der Waals surface area contributed by atoms with Gasteiger partial charge in [0.05, 0.1) is 31.4 Å². The van der Waals surface area contributed by atoms with Gasteiger partial charge in [-0.3, -0.25) is 9.36 Å². The molecule has 0 amide bonds. The predicted molar refractivity (Wildman–Crippen MR) is 126 cm³/mol. The van der Waals surface area contributed by atoms with Gasteiger partial charge in [0.1, 0.15) is 5.82 Å². The number of nitrogens with zero attached hydrogens (tertiary/aromatic N) is 4. The number of ether oxygens (including phenoxy) is 1. The molecular weight excluding hydrogens is 463 g/mol. The van der Waals surface area contributed by atoms with Gasteiger partial charge in [0, 0.05) is 24.5 Å². The lowest BCUT2D eigenvalue weighted by Crippen LogP contribution is -2.36. The summed E-state index contributed by atoms with van der Waals surface area (Å²) < 4.78 is 17.8. The number of methoxy groups -OCH3 is 1. The quantitative estimate of drug-likeness (QED) is 0.285. The highest BCUT2D eigenvalue weighted by atomic mass is 31.2. The van der Waals surface area contributed by atoms with Crippen molar-refractivity contribution >= 4 is 24.2 Å². The van der Waals surface area contributed by atoms with Crippen LogP contribution in [-0.4, -0.2) is 61.1 Å². The van der Waals surface area contributed by atoms with Gasteiger partial charge < -0.3 is 29.6 Å². The van der Waals surface area contributed by atoms with E-state index in [1.165, 1.54) is 23.9 Å². The van der Waals surface area contributed by atoms with Crippen molar-refractivity contribution in [3.63, 3.8) is 0 Å². The molecule has 4 rings (SSSR count). The van der Waals surface area contributed by atoms with E-state index in [9.17, 15) is 19.6 Å². The molecule has 4 N–H and O–H groups in total. The van der Waals surface area contributed by atoms with E-state index in [2.05, 4.69) is 10.1 Å². The molecule has 0 radical (unpaired) electrons. The van der Waals surface area contributed by atoms with E-state index in [1.807, 2.05) is 4.90 Å². The highest BCUT2D eigenvalue weighted by molar-refractivity contribution is 7.51. The SMILES string of the molecule is COc1cc2cnn(Cc3ccc(O)c(O)c3)c(=O)c2c(N2CCC(CCP(=O)(O)O)CC2)n1. The lowest BCUT2D eigenvalue weighted by Gasteiger charge is -2.33. The summed E-state index contributed by atoms with van der Waals surface area (Å²) in [5.74, 6) is 0.512. The molecule has 1 saturated heterocycles. The minimum absolute atomic E-state index is 0.0958. The highest BCUT2D eigenvalue weighted by Crippen LogP contribution is 2.38. The minimum Gasteiger partial charge on any atom is -0.504 e. The monoisotopic (exact) mass is 490 g/mol. The summed E-state index contributed by atoms with van der Waals surface area (Å²) in [6, 6.07) is 5.98. The summed E-state index contributed by atoms with van der Waals surface area (Å²) in [6.45, 7) is 1.28. The Kier molecular flexibility index (Phi) is 6.79. The van der Waals surface area contributed by atoms with Gasteiger partial charge in [-0.25, -0.2) is 4.68 Å². The second-order valence-corrected chi connectivity index (χ2v) is 10.3. The second-order valence-electron chi connectivity index (χ2n) is 8.49. The fraction of sp³-hybridized carbons (Fsp3) is 0.409. The molecule has 2 aromatic heterocycles. The first-order valence-corrected chi connectivity index (χ1v) is 12.7. The van der Waals surface area contributed by atoms with Crippen LogP contribution in [0.4, 0.5) is 5.82 Å². The summed E-state index contributed by atoms with van der Waals surface area (Å²) in [4.78, 5) is 38.3. The standard InChI is InChI=1S/C22H27N4O7P/c1-33-19-11-16-12-23-26(13-15-2-3-17(27)18(28)10-15)22(29)20(16)21(24-19)25-7-4-14(5-8-25)6-9-34(30,31)32/h2-3,10-12,14,27-28H,4-9,13H2,1H3,(H2,30,31,32). The van der Waals surface area contributed by atoms with E-state index in [-0.39, 0.29) is 35.7 Å². The van der Waals surface area contributed by atoms with Gasteiger partial charge >= 0.3 is 7.60 Å². The fourth-order valence-corrected chi connectivity index (χ4v) is 4.93. The molecule has 3 aromatic rings. The number of phenolic OH excluding ortho intramolecular Hbond substituents is 2. The number of pyridine rings is 1. The zero-order valence-corrected chi connectivity index (χ0v) is 19.6. The van der Waals surface area contributed by atoms with Crippen LogP contribution in [0.15, 0.2) is 35.3 Å². The van der Waals surface area contributed by atoms with Crippen LogP contribution in [-0.2, 0) is 11.1 Å². The molecule has 0 spiro atoms. The highest BCUT2D eigenvalue weighted by Gasteiger charge is 2.26. The number of piperidine rings is 1. The Hall–Kier alpha value is -3.14. The molecule has 0 atom stereocenters. The maximum atomic E-state index is 13.4. The number of aromatic hydroxyl groups is 2. The van der Waals surface area contributed by atoms with Crippen LogP contribution in [0, 0.1) is 5.92 Å². The Bertz CT molecular complexity index is 1300. The molecule has 34 heavy (non-hydrogen) atoms. The Morgan fingerprint density at radius 3 is 2.53 bits per heavy atom. The van der Waals surface area contributed by atoms with Gasteiger partial charge in [-0.2, -0.15) is 10.1 Å². The third-order valence-corrected chi connectivity index (χ3v) is 6.96. The van der Waals surface area contributed by atoms with Crippen molar-refractivity contribution in [1.29, 1.82) is 0 Å². The minimum atomic E-state index is -4.02. The summed E-state index contributed by atoms with van der Waals surface area (Å²) in [7, 11) is -2.52. The number of hydrogen-bond acceptors (Lipinski definition) is 8. The first kappa shape index (κ1) is 24.0. The van der Waals surface area contributed by atoms with Crippen LogP contribution in [0.1, 0.15) is 24.8 Å². The van der Waals surface area contributed by atoms with Crippen LogP contribution in [0.3, 0.4) is 0 Å². The molecule has 0 saturated carbocycles. The zero-order chi connectivity index (χ0) is 24.5. The molecule has 11 nitrogen and oxygen atoms in total. The molecule has 0 aliphatic carbocycles. The van der Waals surface area contributed by atoms with E-state index in [1.54, 1.807) is 18.3 Å². The number of rotatable bonds is 7. The summed E-state index contributed by atoms with van der Waals surface area (Å²) >= 11 is 0. The molecule has 1 aliphatic rings. The van der Waals surface area contributed by atoms with Gasteiger partial charge in [0.15, 0.2) is 11.5 Å². The largest absolute Gasteiger partial charge is 0.504 e. The maximum Gasteiger partial charge on any atom is 0.325 e. The third-order valence-electron chi connectivity index (χ3n) is 6.12. The van der Waals surface area contributed by atoms with Crippen LogP contribution < -0.4 is 15.2 Å². The van der Waals surface area contributed by atoms with E-state index >= 15 is 0 Å². The van der Waals surface area contributed by atoms with Crippen LogP contribution >= 0.6 is 7.60 Å². The average molecular weight is 490 g/mol. The number of fused-ring (bicyclic) bond motifs is 1. The van der Waals surface area contributed by atoms with Crippen molar-refractivity contribution in [1.82, 2.24) is 14.8 Å². The molecular formula is C22H27N4O7P.